The fraction of sp³-hybridized carbons (Fsp3) is 0.0952. The van der Waals surface area contributed by atoms with Gasteiger partial charge in [-0.2, -0.15) is 0 Å². The molecule has 0 aliphatic carbocycles. The second kappa shape index (κ2) is 7.53. The van der Waals surface area contributed by atoms with Crippen molar-refractivity contribution in [2.75, 3.05) is 7.11 Å². The van der Waals surface area contributed by atoms with E-state index in [1.54, 1.807) is 7.11 Å². The number of hydrazine groups is 1. The maximum absolute atomic E-state index is 5.24. The molecular formula is C21H21N3O. The average Bonchev–Trinajstić information content (AvgIpc) is 2.64. The van der Waals surface area contributed by atoms with Crippen molar-refractivity contribution in [3.8, 4) is 5.75 Å². The van der Waals surface area contributed by atoms with Crippen molar-refractivity contribution >= 4 is 17.2 Å². The summed E-state index contributed by atoms with van der Waals surface area (Å²) in [5, 5.41) is 1.93. The van der Waals surface area contributed by atoms with Gasteiger partial charge in [0, 0.05) is 5.56 Å². The molecule has 2 aromatic carbocycles. The molecule has 0 bridgehead atoms. The molecule has 1 aliphatic rings. The number of hydrogen-bond donors (Lipinski definition) is 1. The van der Waals surface area contributed by atoms with Crippen LogP contribution in [0.1, 0.15) is 12.5 Å². The molecule has 0 fully saturated rings. The van der Waals surface area contributed by atoms with Crippen LogP contribution in [-0.2, 0) is 0 Å². The topological polar surface area (TPSA) is 36.9 Å². The van der Waals surface area contributed by atoms with Crippen molar-refractivity contribution in [2.45, 2.75) is 6.92 Å². The standard InChI is InChI=1S/C21H21N3O/c1-16-8-7-11-21(18-12-14-20(25-3)15-13-18)24(16)23-17(2)22-19-9-5-4-6-10-19/h4-15H,1H2,2-3H3,(H,22,23). The number of aliphatic imine (C=N–C) groups is 1. The highest BCUT2D eigenvalue weighted by Crippen LogP contribution is 2.26. The molecule has 0 spiro atoms. The molecule has 3 rings (SSSR count). The summed E-state index contributed by atoms with van der Waals surface area (Å²) in [6.45, 7) is 6.06. The largest absolute Gasteiger partial charge is 0.497 e. The SMILES string of the molecule is C=C1C=CC=C(c2ccc(OC)cc2)N1NC(C)=Nc1ccccc1. The third-order valence-corrected chi connectivity index (χ3v) is 3.78. The number of nitrogens with one attached hydrogen (secondary N) is 1. The highest BCUT2D eigenvalue weighted by atomic mass is 16.5. The second-order valence-electron chi connectivity index (χ2n) is 5.61. The van der Waals surface area contributed by atoms with E-state index >= 15 is 0 Å². The van der Waals surface area contributed by atoms with Crippen molar-refractivity contribution in [1.82, 2.24) is 10.4 Å². The lowest BCUT2D eigenvalue weighted by Crippen LogP contribution is -2.39. The molecule has 0 atom stereocenters. The van der Waals surface area contributed by atoms with Gasteiger partial charge in [0.15, 0.2) is 0 Å². The fourth-order valence-corrected chi connectivity index (χ4v) is 2.56. The minimum atomic E-state index is 0.780. The summed E-state index contributed by atoms with van der Waals surface area (Å²) in [6.07, 6.45) is 5.98. The van der Waals surface area contributed by atoms with Crippen LogP contribution in [0.25, 0.3) is 5.70 Å². The van der Waals surface area contributed by atoms with E-state index in [-0.39, 0.29) is 0 Å². The van der Waals surface area contributed by atoms with Crippen LogP contribution in [0.15, 0.2) is 90.1 Å². The molecule has 4 nitrogen and oxygen atoms in total. The third kappa shape index (κ3) is 3.98. The van der Waals surface area contributed by atoms with Crippen LogP contribution in [0.4, 0.5) is 5.69 Å². The molecule has 0 radical (unpaired) electrons. The van der Waals surface area contributed by atoms with Crippen LogP contribution in [0.2, 0.25) is 0 Å². The Kier molecular flexibility index (Phi) is 5.00. The van der Waals surface area contributed by atoms with Gasteiger partial charge < -0.3 is 4.74 Å². The minimum Gasteiger partial charge on any atom is -0.497 e. The Bertz CT molecular complexity index is 833. The smallest absolute Gasteiger partial charge is 0.118 e. The Balaban J connectivity index is 1.84. The molecule has 0 amide bonds. The van der Waals surface area contributed by atoms with Gasteiger partial charge in [0.25, 0.3) is 0 Å². The van der Waals surface area contributed by atoms with Gasteiger partial charge in [0.05, 0.1) is 24.2 Å². The number of benzene rings is 2. The first-order valence-corrected chi connectivity index (χ1v) is 8.06. The highest BCUT2D eigenvalue weighted by Gasteiger charge is 2.16. The minimum absolute atomic E-state index is 0.780. The van der Waals surface area contributed by atoms with Crippen LogP contribution in [0, 0.1) is 0 Å². The molecule has 1 heterocycles. The first-order chi connectivity index (χ1) is 12.2. The normalized spacial score (nSPS) is 14.3. The lowest BCUT2D eigenvalue weighted by atomic mass is 10.1. The van der Waals surface area contributed by atoms with E-state index in [4.69, 9.17) is 4.74 Å². The van der Waals surface area contributed by atoms with E-state index < -0.39 is 0 Å². The zero-order chi connectivity index (χ0) is 17.6. The number of para-hydroxylation sites is 1. The molecule has 0 aromatic heterocycles. The van der Waals surface area contributed by atoms with E-state index in [2.05, 4.69) is 17.0 Å². The van der Waals surface area contributed by atoms with Gasteiger partial charge in [-0.15, -0.1) is 0 Å². The molecule has 0 unspecified atom stereocenters. The molecule has 1 N–H and O–H groups in total. The average molecular weight is 331 g/mol. The first kappa shape index (κ1) is 16.6. The van der Waals surface area contributed by atoms with Gasteiger partial charge in [-0.05, 0) is 55.5 Å². The molecule has 2 aromatic rings. The first-order valence-electron chi connectivity index (χ1n) is 8.06. The lowest BCUT2D eigenvalue weighted by Gasteiger charge is -2.31. The Labute approximate surface area is 148 Å². The number of methoxy groups -OCH3 is 1. The number of hydrogen-bond acceptors (Lipinski definition) is 3. The monoisotopic (exact) mass is 331 g/mol. The molecule has 4 heteroatoms. The van der Waals surface area contributed by atoms with E-state index in [9.17, 15) is 0 Å². The van der Waals surface area contributed by atoms with E-state index in [1.165, 1.54) is 0 Å². The predicted molar refractivity (Wildman–Crippen MR) is 103 cm³/mol. The summed E-state index contributed by atoms with van der Waals surface area (Å²) in [7, 11) is 1.66. The van der Waals surface area contributed by atoms with Crippen LogP contribution in [0.3, 0.4) is 0 Å². The van der Waals surface area contributed by atoms with Crippen molar-refractivity contribution in [2.24, 2.45) is 4.99 Å². The lowest BCUT2D eigenvalue weighted by molar-refractivity contribution is 0.414. The fourth-order valence-electron chi connectivity index (χ4n) is 2.56. The van der Waals surface area contributed by atoms with Crippen molar-refractivity contribution < 1.29 is 4.74 Å². The molecule has 1 aliphatic heterocycles. The third-order valence-electron chi connectivity index (χ3n) is 3.78. The zero-order valence-corrected chi connectivity index (χ0v) is 14.4. The predicted octanol–water partition coefficient (Wildman–Crippen LogP) is 4.68. The Hall–Kier alpha value is -3.27. The zero-order valence-electron chi connectivity index (χ0n) is 14.4. The van der Waals surface area contributed by atoms with Crippen LogP contribution in [-0.4, -0.2) is 18.0 Å². The summed E-state index contributed by atoms with van der Waals surface area (Å²) in [6, 6.07) is 17.8. The Morgan fingerprint density at radius 2 is 1.80 bits per heavy atom. The quantitative estimate of drug-likeness (QED) is 0.653. The van der Waals surface area contributed by atoms with Gasteiger partial charge in [-0.25, -0.2) is 4.99 Å². The summed E-state index contributed by atoms with van der Waals surface area (Å²) in [5.74, 6) is 1.61. The van der Waals surface area contributed by atoms with Crippen molar-refractivity contribution in [3.05, 3.63) is 90.7 Å². The van der Waals surface area contributed by atoms with Crippen LogP contribution in [0.5, 0.6) is 5.75 Å². The molecule has 25 heavy (non-hydrogen) atoms. The molecule has 126 valence electrons. The van der Waals surface area contributed by atoms with Crippen LogP contribution < -0.4 is 10.2 Å². The van der Waals surface area contributed by atoms with Gasteiger partial charge in [-0.3, -0.25) is 10.4 Å². The molecule has 0 saturated carbocycles. The highest BCUT2D eigenvalue weighted by molar-refractivity contribution is 5.84. The van der Waals surface area contributed by atoms with Gasteiger partial charge in [0.2, 0.25) is 0 Å². The number of rotatable bonds is 4. The van der Waals surface area contributed by atoms with Gasteiger partial charge in [-0.1, -0.05) is 30.9 Å². The number of nitrogens with zero attached hydrogens (tertiary/aromatic N) is 2. The number of allylic oxidation sites excluding steroid dienone is 3. The number of amidine groups is 1. The Morgan fingerprint density at radius 3 is 2.48 bits per heavy atom. The maximum atomic E-state index is 5.24. The second-order valence-corrected chi connectivity index (χ2v) is 5.61. The van der Waals surface area contributed by atoms with Crippen molar-refractivity contribution in [1.29, 1.82) is 0 Å². The van der Waals surface area contributed by atoms with Gasteiger partial charge >= 0.3 is 0 Å². The Morgan fingerprint density at radius 1 is 1.08 bits per heavy atom. The summed E-state index contributed by atoms with van der Waals surface area (Å²) in [4.78, 5) is 4.59. The molecule has 0 saturated heterocycles. The maximum Gasteiger partial charge on any atom is 0.118 e. The van der Waals surface area contributed by atoms with Crippen molar-refractivity contribution in [3.63, 3.8) is 0 Å². The molecular weight excluding hydrogens is 310 g/mol. The summed E-state index contributed by atoms with van der Waals surface area (Å²) >= 11 is 0. The van der Waals surface area contributed by atoms with E-state index in [0.717, 1.165) is 34.2 Å². The van der Waals surface area contributed by atoms with E-state index in [0.29, 0.717) is 0 Å². The summed E-state index contributed by atoms with van der Waals surface area (Å²) in [5.41, 5.74) is 7.13. The summed E-state index contributed by atoms with van der Waals surface area (Å²) < 4.78 is 5.24. The van der Waals surface area contributed by atoms with E-state index in [1.807, 2.05) is 84.8 Å². The van der Waals surface area contributed by atoms with Gasteiger partial charge in [0.1, 0.15) is 11.6 Å². The number of ether oxygens (including phenoxy) is 1. The van der Waals surface area contributed by atoms with Crippen LogP contribution >= 0.6 is 0 Å².